The van der Waals surface area contributed by atoms with E-state index in [1.807, 2.05) is 73.1 Å². The number of amides is 1. The van der Waals surface area contributed by atoms with Crippen LogP contribution in [0.25, 0.3) is 22.5 Å². The monoisotopic (exact) mass is 681 g/mol. The van der Waals surface area contributed by atoms with E-state index in [2.05, 4.69) is 30.7 Å². The van der Waals surface area contributed by atoms with Crippen LogP contribution in [0.4, 0.5) is 0 Å². The Labute approximate surface area is 293 Å². The molecule has 1 saturated heterocycles. The van der Waals surface area contributed by atoms with Crippen LogP contribution in [0.5, 0.6) is 5.75 Å². The van der Waals surface area contributed by atoms with E-state index in [-0.39, 0.29) is 24.7 Å². The third kappa shape index (κ3) is 9.85. The summed E-state index contributed by atoms with van der Waals surface area (Å²) in [6, 6.07) is 19.6. The van der Waals surface area contributed by atoms with Crippen LogP contribution in [0.1, 0.15) is 91.7 Å². The molecule has 9 heteroatoms. The van der Waals surface area contributed by atoms with Gasteiger partial charge in [0.05, 0.1) is 17.4 Å². The molecule has 258 valence electrons. The second-order valence-electron chi connectivity index (χ2n) is 13.3. The van der Waals surface area contributed by atoms with Gasteiger partial charge in [-0.25, -0.2) is 9.97 Å². The fourth-order valence-electron chi connectivity index (χ4n) is 6.14. The van der Waals surface area contributed by atoms with E-state index in [0.717, 1.165) is 45.9 Å². The van der Waals surface area contributed by atoms with Crippen LogP contribution < -0.4 is 4.74 Å². The average molecular weight is 682 g/mol. The lowest BCUT2D eigenvalue weighted by Gasteiger charge is -2.23. The number of carbonyl (C=O) groups is 3. The zero-order chi connectivity index (χ0) is 34.8. The number of nitrogens with zero attached hydrogens (tertiary/aromatic N) is 3. The SMILES string of the molecule is CCCCCCCOc1ccc(-c2cnc(-c3ccc(C[C@H](CC(=O)c4ccc(C(C)C)s4)C(=O)N4CC[C@H](C(=O)O)C4)cc3)nc2)cc1. The van der Waals surface area contributed by atoms with Crippen molar-refractivity contribution in [1.82, 2.24) is 14.9 Å². The normalized spacial score (nSPS) is 15.0. The van der Waals surface area contributed by atoms with Crippen molar-refractivity contribution in [2.45, 2.75) is 78.1 Å². The summed E-state index contributed by atoms with van der Waals surface area (Å²) >= 11 is 1.48. The van der Waals surface area contributed by atoms with Crippen molar-refractivity contribution in [2.24, 2.45) is 11.8 Å². The molecule has 2 atom stereocenters. The Morgan fingerprint density at radius 3 is 2.22 bits per heavy atom. The number of aromatic nitrogens is 2. The Bertz CT molecular complexity index is 1680. The van der Waals surface area contributed by atoms with Crippen LogP contribution in [0.15, 0.2) is 73.1 Å². The summed E-state index contributed by atoms with van der Waals surface area (Å²) in [6.07, 6.45) is 10.5. The number of thiophene rings is 1. The van der Waals surface area contributed by atoms with E-state index in [9.17, 15) is 19.5 Å². The molecule has 0 spiro atoms. The highest BCUT2D eigenvalue weighted by molar-refractivity contribution is 7.14. The number of hydrogen-bond donors (Lipinski definition) is 1. The average Bonchev–Trinajstić information content (AvgIpc) is 3.82. The number of carboxylic acids is 1. The molecule has 0 bridgehead atoms. The molecule has 1 aliphatic rings. The number of unbranched alkanes of at least 4 members (excludes halogenated alkanes) is 4. The van der Waals surface area contributed by atoms with Gasteiger partial charge in [-0.05, 0) is 60.6 Å². The lowest BCUT2D eigenvalue weighted by Crippen LogP contribution is -2.37. The molecule has 4 aromatic rings. The molecule has 0 saturated carbocycles. The van der Waals surface area contributed by atoms with E-state index in [1.54, 1.807) is 4.90 Å². The highest BCUT2D eigenvalue weighted by atomic mass is 32.1. The predicted octanol–water partition coefficient (Wildman–Crippen LogP) is 8.71. The number of carbonyl (C=O) groups excluding carboxylic acids is 2. The summed E-state index contributed by atoms with van der Waals surface area (Å²) in [5.74, 6) is -0.495. The van der Waals surface area contributed by atoms with Crippen LogP contribution in [0.3, 0.4) is 0 Å². The van der Waals surface area contributed by atoms with Gasteiger partial charge < -0.3 is 14.7 Å². The van der Waals surface area contributed by atoms with E-state index < -0.39 is 17.8 Å². The summed E-state index contributed by atoms with van der Waals surface area (Å²) in [4.78, 5) is 51.3. The number of likely N-dealkylation sites (tertiary alicyclic amines) is 1. The Morgan fingerprint density at radius 1 is 0.898 bits per heavy atom. The molecule has 0 aliphatic carbocycles. The highest BCUT2D eigenvalue weighted by Crippen LogP contribution is 2.29. The quantitative estimate of drug-likeness (QED) is 0.0877. The fourth-order valence-corrected chi connectivity index (χ4v) is 7.10. The molecule has 49 heavy (non-hydrogen) atoms. The summed E-state index contributed by atoms with van der Waals surface area (Å²) in [5, 5.41) is 9.48. The molecular formula is C40H47N3O5S. The number of Topliss-reactive ketones (excluding diaryl/α,β-unsaturated/α-hetero) is 1. The van der Waals surface area contributed by atoms with E-state index in [4.69, 9.17) is 4.74 Å². The minimum Gasteiger partial charge on any atom is -0.494 e. The van der Waals surface area contributed by atoms with Crippen LogP contribution in [0, 0.1) is 11.8 Å². The molecule has 2 aromatic carbocycles. The van der Waals surface area contributed by atoms with Crippen LogP contribution >= 0.6 is 11.3 Å². The number of benzene rings is 2. The van der Waals surface area contributed by atoms with Crippen molar-refractivity contribution in [3.8, 4) is 28.3 Å². The minimum absolute atomic E-state index is 0.0608. The van der Waals surface area contributed by atoms with E-state index in [0.29, 0.717) is 36.0 Å². The molecule has 5 rings (SSSR count). The number of carboxylic acid groups (broad SMARTS) is 1. The Morgan fingerprint density at radius 2 is 1.59 bits per heavy atom. The smallest absolute Gasteiger partial charge is 0.308 e. The summed E-state index contributed by atoms with van der Waals surface area (Å²) < 4.78 is 5.90. The number of rotatable bonds is 17. The van der Waals surface area contributed by atoms with Crippen molar-refractivity contribution in [2.75, 3.05) is 19.7 Å². The summed E-state index contributed by atoms with van der Waals surface area (Å²) in [6.45, 7) is 7.70. The topological polar surface area (TPSA) is 110 Å². The van der Waals surface area contributed by atoms with Gasteiger partial charge in [0.15, 0.2) is 11.6 Å². The van der Waals surface area contributed by atoms with Crippen molar-refractivity contribution in [1.29, 1.82) is 0 Å². The highest BCUT2D eigenvalue weighted by Gasteiger charge is 2.35. The second-order valence-corrected chi connectivity index (χ2v) is 14.4. The first-order chi connectivity index (χ1) is 23.7. The second kappa shape index (κ2) is 17.3. The summed E-state index contributed by atoms with van der Waals surface area (Å²) in [5.41, 5.74) is 3.69. The molecule has 0 unspecified atom stereocenters. The van der Waals surface area contributed by atoms with Gasteiger partial charge in [-0.15, -0.1) is 11.3 Å². The van der Waals surface area contributed by atoms with Gasteiger partial charge in [0.1, 0.15) is 5.75 Å². The maximum atomic E-state index is 13.7. The first-order valence-electron chi connectivity index (χ1n) is 17.5. The Kier molecular flexibility index (Phi) is 12.7. The molecule has 0 radical (unpaired) electrons. The lowest BCUT2D eigenvalue weighted by atomic mass is 9.92. The van der Waals surface area contributed by atoms with Crippen molar-refractivity contribution < 1.29 is 24.2 Å². The molecule has 1 amide bonds. The van der Waals surface area contributed by atoms with Crippen LogP contribution in [-0.4, -0.2) is 57.3 Å². The van der Waals surface area contributed by atoms with Gasteiger partial charge in [0.25, 0.3) is 0 Å². The number of ether oxygens (including phenoxy) is 1. The first kappa shape index (κ1) is 35.9. The molecule has 1 fully saturated rings. The maximum Gasteiger partial charge on any atom is 0.308 e. The number of hydrogen-bond acceptors (Lipinski definition) is 7. The van der Waals surface area contributed by atoms with Crippen molar-refractivity contribution in [3.05, 3.63) is 88.4 Å². The minimum atomic E-state index is -0.889. The summed E-state index contributed by atoms with van der Waals surface area (Å²) in [7, 11) is 0. The zero-order valence-corrected chi connectivity index (χ0v) is 29.6. The third-order valence-corrected chi connectivity index (χ3v) is 10.6. The molecule has 3 heterocycles. The lowest BCUT2D eigenvalue weighted by molar-refractivity contribution is -0.141. The molecule has 1 N–H and O–H groups in total. The first-order valence-corrected chi connectivity index (χ1v) is 18.3. The largest absolute Gasteiger partial charge is 0.494 e. The standard InChI is InChI=1S/C40H47N3O5S/c1-4-5-6-7-8-21-48-34-15-13-29(14-16-34)33-24-41-38(42-25-33)30-11-9-28(10-12-30)22-32(39(45)43-20-19-31(26-43)40(46)47)23-35(44)37-18-17-36(49-37)27(2)3/h9-18,24-25,27,31-32H,4-8,19-23,26H2,1-3H3,(H,46,47)/t31-,32+/m0/s1. The van der Waals surface area contributed by atoms with E-state index in [1.165, 1.54) is 37.0 Å². The number of ketones is 1. The predicted molar refractivity (Wildman–Crippen MR) is 194 cm³/mol. The molecule has 1 aliphatic heterocycles. The number of aliphatic carboxylic acids is 1. The van der Waals surface area contributed by atoms with Crippen molar-refractivity contribution in [3.63, 3.8) is 0 Å². The fraction of sp³-hybridized carbons (Fsp3) is 0.425. The maximum absolute atomic E-state index is 13.7. The van der Waals surface area contributed by atoms with Gasteiger partial charge >= 0.3 is 5.97 Å². The van der Waals surface area contributed by atoms with Gasteiger partial charge in [0.2, 0.25) is 5.91 Å². The molecular weight excluding hydrogens is 635 g/mol. The Hall–Kier alpha value is -4.37. The Balaban J connectivity index is 1.22. The third-order valence-electron chi connectivity index (χ3n) is 9.15. The van der Waals surface area contributed by atoms with Crippen molar-refractivity contribution >= 4 is 29.0 Å². The van der Waals surface area contributed by atoms with Gasteiger partial charge in [-0.3, -0.25) is 14.4 Å². The molecule has 2 aromatic heterocycles. The zero-order valence-electron chi connectivity index (χ0n) is 28.8. The van der Waals surface area contributed by atoms with Gasteiger partial charge in [-0.1, -0.05) is 82.9 Å². The molecule has 8 nitrogen and oxygen atoms in total. The van der Waals surface area contributed by atoms with Crippen LogP contribution in [-0.2, 0) is 16.0 Å². The van der Waals surface area contributed by atoms with Gasteiger partial charge in [-0.2, -0.15) is 0 Å². The van der Waals surface area contributed by atoms with Gasteiger partial charge in [0, 0.05) is 53.8 Å². The van der Waals surface area contributed by atoms with E-state index >= 15 is 0 Å². The van der Waals surface area contributed by atoms with Crippen LogP contribution in [0.2, 0.25) is 0 Å².